The number of ether oxygens (including phenoxy) is 1. The van der Waals surface area contributed by atoms with Crippen molar-refractivity contribution in [3.8, 4) is 0 Å². The lowest BCUT2D eigenvalue weighted by molar-refractivity contribution is -0.124. The lowest BCUT2D eigenvalue weighted by Gasteiger charge is -2.23. The zero-order valence-electron chi connectivity index (χ0n) is 10.5. The first-order chi connectivity index (χ1) is 7.54. The number of rotatable bonds is 5. The molecule has 0 bridgehead atoms. The standard InChI is InChI=1S/C11H21N3O2/c1-8(2)5-9(7-16-4)13-11-12-6-10(15)14(11)3/h8-9H,5-7H2,1-4H3,(H,12,13)/t9-/m1/s1. The van der Waals surface area contributed by atoms with Crippen LogP contribution >= 0.6 is 0 Å². The van der Waals surface area contributed by atoms with Crippen molar-refractivity contribution in [3.05, 3.63) is 0 Å². The molecule has 92 valence electrons. The van der Waals surface area contributed by atoms with E-state index in [1.54, 1.807) is 19.1 Å². The van der Waals surface area contributed by atoms with E-state index in [4.69, 9.17) is 4.74 Å². The highest BCUT2D eigenvalue weighted by molar-refractivity contribution is 6.02. The van der Waals surface area contributed by atoms with Crippen molar-refractivity contribution < 1.29 is 9.53 Å². The summed E-state index contributed by atoms with van der Waals surface area (Å²) in [4.78, 5) is 17.0. The number of nitrogens with one attached hydrogen (secondary N) is 1. The summed E-state index contributed by atoms with van der Waals surface area (Å²) in [7, 11) is 3.42. The Bertz CT molecular complexity index is 276. The average Bonchev–Trinajstić information content (AvgIpc) is 2.49. The Morgan fingerprint density at radius 1 is 1.56 bits per heavy atom. The molecule has 5 heteroatoms. The molecule has 0 saturated carbocycles. The van der Waals surface area contributed by atoms with E-state index in [0.717, 1.165) is 6.42 Å². The third-order valence-corrected chi connectivity index (χ3v) is 2.51. The first-order valence-electron chi connectivity index (χ1n) is 5.61. The van der Waals surface area contributed by atoms with Crippen molar-refractivity contribution in [2.24, 2.45) is 10.9 Å². The molecule has 0 aliphatic carbocycles. The molecule has 1 aliphatic heterocycles. The van der Waals surface area contributed by atoms with Gasteiger partial charge in [-0.25, -0.2) is 4.99 Å². The smallest absolute Gasteiger partial charge is 0.250 e. The summed E-state index contributed by atoms with van der Waals surface area (Å²) >= 11 is 0. The molecule has 1 atom stereocenters. The van der Waals surface area contributed by atoms with Gasteiger partial charge in [0.1, 0.15) is 6.54 Å². The summed E-state index contributed by atoms with van der Waals surface area (Å²) in [5.74, 6) is 1.27. The van der Waals surface area contributed by atoms with Gasteiger partial charge in [0, 0.05) is 14.2 Å². The van der Waals surface area contributed by atoms with Crippen LogP contribution in [0.1, 0.15) is 20.3 Å². The molecule has 0 spiro atoms. The second-order valence-corrected chi connectivity index (χ2v) is 4.52. The molecule has 0 aromatic rings. The summed E-state index contributed by atoms with van der Waals surface area (Å²) in [5.41, 5.74) is 0. The number of likely N-dealkylation sites (N-methyl/N-ethyl adjacent to an activating group) is 1. The van der Waals surface area contributed by atoms with Gasteiger partial charge in [0.2, 0.25) is 5.96 Å². The van der Waals surface area contributed by atoms with Gasteiger partial charge in [-0.15, -0.1) is 0 Å². The van der Waals surface area contributed by atoms with Crippen molar-refractivity contribution in [2.45, 2.75) is 26.3 Å². The Labute approximate surface area is 96.9 Å². The van der Waals surface area contributed by atoms with Crippen LogP contribution in [0.2, 0.25) is 0 Å². The summed E-state index contributed by atoms with van der Waals surface area (Å²) < 4.78 is 5.16. The number of guanidine groups is 1. The Morgan fingerprint density at radius 3 is 2.69 bits per heavy atom. The van der Waals surface area contributed by atoms with Crippen LogP contribution in [0.5, 0.6) is 0 Å². The van der Waals surface area contributed by atoms with E-state index in [9.17, 15) is 4.79 Å². The molecule has 0 aromatic heterocycles. The van der Waals surface area contributed by atoms with Crippen molar-refractivity contribution in [1.82, 2.24) is 10.2 Å². The highest BCUT2D eigenvalue weighted by atomic mass is 16.5. The third kappa shape index (κ3) is 3.48. The minimum atomic E-state index is 0.0308. The summed E-state index contributed by atoms with van der Waals surface area (Å²) in [6, 6.07) is 0.206. The molecule has 5 nitrogen and oxygen atoms in total. The molecular weight excluding hydrogens is 206 g/mol. The molecule has 1 N–H and O–H groups in total. The van der Waals surface area contributed by atoms with E-state index < -0.39 is 0 Å². The van der Waals surface area contributed by atoms with E-state index in [0.29, 0.717) is 18.5 Å². The van der Waals surface area contributed by atoms with Crippen LogP contribution in [0.4, 0.5) is 0 Å². The number of amides is 1. The Morgan fingerprint density at radius 2 is 2.25 bits per heavy atom. The van der Waals surface area contributed by atoms with Crippen molar-refractivity contribution >= 4 is 11.9 Å². The normalized spacial score (nSPS) is 17.9. The zero-order valence-corrected chi connectivity index (χ0v) is 10.5. The van der Waals surface area contributed by atoms with Gasteiger partial charge in [-0.05, 0) is 12.3 Å². The Balaban J connectivity index is 2.51. The van der Waals surface area contributed by atoms with Crippen molar-refractivity contribution in [1.29, 1.82) is 0 Å². The van der Waals surface area contributed by atoms with Crippen LogP contribution < -0.4 is 5.32 Å². The predicted molar refractivity (Wildman–Crippen MR) is 63.3 cm³/mol. The molecule has 0 radical (unpaired) electrons. The molecule has 1 aliphatic rings. The second kappa shape index (κ2) is 5.84. The highest BCUT2D eigenvalue weighted by Gasteiger charge is 2.23. The SMILES string of the molecule is COC[C@@H](CC(C)C)NC1=NCC(=O)N1C. The number of hydrogen-bond donors (Lipinski definition) is 1. The average molecular weight is 227 g/mol. The maximum absolute atomic E-state index is 11.3. The van der Waals surface area contributed by atoms with Gasteiger partial charge >= 0.3 is 0 Å². The van der Waals surface area contributed by atoms with Crippen LogP contribution in [0, 0.1) is 5.92 Å². The van der Waals surface area contributed by atoms with E-state index in [1.165, 1.54) is 0 Å². The predicted octanol–water partition coefficient (Wildman–Crippen LogP) is 0.465. The molecule has 0 unspecified atom stereocenters. The van der Waals surface area contributed by atoms with E-state index in [-0.39, 0.29) is 18.5 Å². The molecule has 0 saturated heterocycles. The lowest BCUT2D eigenvalue weighted by atomic mass is 10.0. The maximum atomic E-state index is 11.3. The minimum Gasteiger partial charge on any atom is -0.383 e. The third-order valence-electron chi connectivity index (χ3n) is 2.51. The summed E-state index contributed by atoms with van der Waals surface area (Å²) in [6.45, 7) is 5.20. The van der Waals surface area contributed by atoms with Gasteiger partial charge in [-0.3, -0.25) is 9.69 Å². The monoisotopic (exact) mass is 227 g/mol. The molecular formula is C11H21N3O2. The van der Waals surface area contributed by atoms with Crippen LogP contribution in [0.15, 0.2) is 4.99 Å². The summed E-state index contributed by atoms with van der Waals surface area (Å²) in [5, 5.41) is 3.26. The van der Waals surface area contributed by atoms with Crippen molar-refractivity contribution in [3.63, 3.8) is 0 Å². The van der Waals surface area contributed by atoms with Crippen LogP contribution in [0.25, 0.3) is 0 Å². The molecule has 16 heavy (non-hydrogen) atoms. The fourth-order valence-corrected chi connectivity index (χ4v) is 1.74. The molecule has 1 rings (SSSR count). The number of aliphatic imine (C=N–C) groups is 1. The van der Waals surface area contributed by atoms with Gasteiger partial charge in [0.15, 0.2) is 0 Å². The number of hydrogen-bond acceptors (Lipinski definition) is 4. The van der Waals surface area contributed by atoms with Crippen LogP contribution in [-0.4, -0.2) is 50.1 Å². The molecule has 0 aromatic carbocycles. The number of carbonyl (C=O) groups excluding carboxylic acids is 1. The topological polar surface area (TPSA) is 53.9 Å². The fraction of sp³-hybridized carbons (Fsp3) is 0.818. The van der Waals surface area contributed by atoms with E-state index >= 15 is 0 Å². The largest absolute Gasteiger partial charge is 0.383 e. The van der Waals surface area contributed by atoms with Gasteiger partial charge < -0.3 is 10.1 Å². The van der Waals surface area contributed by atoms with Crippen LogP contribution in [-0.2, 0) is 9.53 Å². The Hall–Kier alpha value is -1.10. The number of carbonyl (C=O) groups is 1. The van der Waals surface area contributed by atoms with E-state index in [1.807, 2.05) is 0 Å². The maximum Gasteiger partial charge on any atom is 0.250 e. The number of nitrogens with zero attached hydrogens (tertiary/aromatic N) is 2. The van der Waals surface area contributed by atoms with Gasteiger partial charge in [0.25, 0.3) is 5.91 Å². The fourth-order valence-electron chi connectivity index (χ4n) is 1.74. The first kappa shape index (κ1) is 13.0. The first-order valence-corrected chi connectivity index (χ1v) is 5.61. The van der Waals surface area contributed by atoms with E-state index in [2.05, 4.69) is 24.2 Å². The lowest BCUT2D eigenvalue weighted by Crippen LogP contribution is -2.45. The quantitative estimate of drug-likeness (QED) is 0.742. The highest BCUT2D eigenvalue weighted by Crippen LogP contribution is 2.07. The zero-order chi connectivity index (χ0) is 12.1. The van der Waals surface area contributed by atoms with Crippen LogP contribution in [0.3, 0.4) is 0 Å². The molecule has 1 amide bonds. The minimum absolute atomic E-state index is 0.0308. The number of methoxy groups -OCH3 is 1. The molecule has 1 heterocycles. The van der Waals surface area contributed by atoms with Gasteiger partial charge in [0.05, 0.1) is 12.6 Å². The molecule has 0 fully saturated rings. The van der Waals surface area contributed by atoms with Gasteiger partial charge in [-0.1, -0.05) is 13.8 Å². The Kier molecular flexibility index (Phi) is 4.73. The summed E-state index contributed by atoms with van der Waals surface area (Å²) in [6.07, 6.45) is 0.995. The van der Waals surface area contributed by atoms with Gasteiger partial charge in [-0.2, -0.15) is 0 Å². The van der Waals surface area contributed by atoms with Crippen molar-refractivity contribution in [2.75, 3.05) is 27.3 Å². The second-order valence-electron chi connectivity index (χ2n) is 4.52.